The van der Waals surface area contributed by atoms with E-state index < -0.39 is 11.9 Å². The molecule has 1 heterocycles. The zero-order valence-electron chi connectivity index (χ0n) is 14.2. The molecule has 1 N–H and O–H groups in total. The van der Waals surface area contributed by atoms with Crippen molar-refractivity contribution in [2.75, 3.05) is 6.61 Å². The van der Waals surface area contributed by atoms with Crippen LogP contribution in [-0.2, 0) is 9.57 Å². The number of H-pyrrole nitrogens is 1. The van der Waals surface area contributed by atoms with E-state index in [1.807, 2.05) is 13.0 Å². The summed E-state index contributed by atoms with van der Waals surface area (Å²) >= 11 is 0. The standard InChI is InChI=1S/C18H20N2O4/c1-5-23-18(22)16-11(2)15(12(3)19-16)13(4)20-24-17(21)14-9-7-6-8-10-14/h6-10,19H,5H2,1-4H3/b20-13+. The number of ether oxygens (including phenoxy) is 1. The average molecular weight is 328 g/mol. The molecule has 0 unspecified atom stereocenters. The third kappa shape index (κ3) is 3.71. The monoisotopic (exact) mass is 328 g/mol. The number of carbonyl (C=O) groups is 2. The Morgan fingerprint density at radius 1 is 1.12 bits per heavy atom. The highest BCUT2D eigenvalue weighted by Crippen LogP contribution is 2.20. The van der Waals surface area contributed by atoms with Gasteiger partial charge < -0.3 is 14.6 Å². The summed E-state index contributed by atoms with van der Waals surface area (Å²) in [5.41, 5.74) is 3.51. The maximum absolute atomic E-state index is 11.9. The molecule has 2 aromatic rings. The second-order valence-electron chi connectivity index (χ2n) is 5.27. The van der Waals surface area contributed by atoms with Crippen molar-refractivity contribution in [1.82, 2.24) is 4.98 Å². The highest BCUT2D eigenvalue weighted by Gasteiger charge is 2.20. The molecule has 0 saturated carbocycles. The van der Waals surface area contributed by atoms with Crippen LogP contribution < -0.4 is 0 Å². The van der Waals surface area contributed by atoms with Gasteiger partial charge in [0.05, 0.1) is 17.9 Å². The minimum Gasteiger partial charge on any atom is -0.461 e. The number of nitrogens with zero attached hydrogens (tertiary/aromatic N) is 1. The third-order valence-corrected chi connectivity index (χ3v) is 3.55. The molecule has 0 aliphatic rings. The molecule has 0 spiro atoms. The lowest BCUT2D eigenvalue weighted by molar-refractivity contribution is 0.0508. The molecular weight excluding hydrogens is 308 g/mol. The van der Waals surface area contributed by atoms with Crippen LogP contribution >= 0.6 is 0 Å². The normalized spacial score (nSPS) is 11.2. The van der Waals surface area contributed by atoms with Gasteiger partial charge in [-0.15, -0.1) is 0 Å². The Bertz CT molecular complexity index is 776. The number of esters is 1. The van der Waals surface area contributed by atoms with Gasteiger partial charge in [0.15, 0.2) is 0 Å². The Kier molecular flexibility index (Phi) is 5.52. The van der Waals surface area contributed by atoms with Crippen LogP contribution in [0.2, 0.25) is 0 Å². The van der Waals surface area contributed by atoms with Gasteiger partial charge in [-0.2, -0.15) is 0 Å². The number of hydrogen-bond acceptors (Lipinski definition) is 5. The van der Waals surface area contributed by atoms with Crippen LogP contribution in [0.3, 0.4) is 0 Å². The number of aromatic nitrogens is 1. The van der Waals surface area contributed by atoms with E-state index in [-0.39, 0.29) is 0 Å². The first-order valence-electron chi connectivity index (χ1n) is 7.63. The Labute approximate surface area is 140 Å². The number of rotatable bonds is 5. The first kappa shape index (κ1) is 17.5. The summed E-state index contributed by atoms with van der Waals surface area (Å²) < 4.78 is 5.02. The van der Waals surface area contributed by atoms with Crippen molar-refractivity contribution in [2.45, 2.75) is 27.7 Å². The maximum atomic E-state index is 11.9. The van der Waals surface area contributed by atoms with E-state index in [1.165, 1.54) is 0 Å². The molecule has 0 aliphatic heterocycles. The van der Waals surface area contributed by atoms with E-state index in [4.69, 9.17) is 9.57 Å². The Hall–Kier alpha value is -2.89. The van der Waals surface area contributed by atoms with Crippen LogP contribution in [0.15, 0.2) is 35.5 Å². The minimum atomic E-state index is -0.536. The highest BCUT2D eigenvalue weighted by molar-refractivity contribution is 6.04. The lowest BCUT2D eigenvalue weighted by atomic mass is 10.1. The van der Waals surface area contributed by atoms with Gasteiger partial charge in [-0.3, -0.25) is 0 Å². The molecule has 0 fully saturated rings. The van der Waals surface area contributed by atoms with Gasteiger partial charge in [0.2, 0.25) is 0 Å². The topological polar surface area (TPSA) is 80.8 Å². The summed E-state index contributed by atoms with van der Waals surface area (Å²) in [6.07, 6.45) is 0. The molecule has 1 aromatic heterocycles. The Morgan fingerprint density at radius 3 is 2.42 bits per heavy atom. The lowest BCUT2D eigenvalue weighted by Gasteiger charge is -2.03. The summed E-state index contributed by atoms with van der Waals surface area (Å²) in [5.74, 6) is -0.954. The predicted octanol–water partition coefficient (Wildman–Crippen LogP) is 3.39. The van der Waals surface area contributed by atoms with Gasteiger partial charge >= 0.3 is 11.9 Å². The van der Waals surface area contributed by atoms with E-state index in [0.717, 1.165) is 11.3 Å². The number of oxime groups is 1. The van der Waals surface area contributed by atoms with Gasteiger partial charge in [0.1, 0.15) is 5.69 Å². The number of benzene rings is 1. The number of carbonyl (C=O) groups excluding carboxylic acids is 2. The Balaban J connectivity index is 2.22. The molecule has 126 valence electrons. The summed E-state index contributed by atoms with van der Waals surface area (Å²) in [7, 11) is 0. The quantitative estimate of drug-likeness (QED) is 0.395. The van der Waals surface area contributed by atoms with Gasteiger partial charge in [0, 0.05) is 11.3 Å². The zero-order chi connectivity index (χ0) is 17.7. The summed E-state index contributed by atoms with van der Waals surface area (Å²) in [6.45, 7) is 7.38. The molecule has 1 aromatic carbocycles. The van der Waals surface area contributed by atoms with E-state index in [2.05, 4.69) is 10.1 Å². The van der Waals surface area contributed by atoms with Gasteiger partial charge in [-0.05, 0) is 45.4 Å². The van der Waals surface area contributed by atoms with Crippen LogP contribution in [-0.4, -0.2) is 29.2 Å². The van der Waals surface area contributed by atoms with Crippen molar-refractivity contribution in [3.8, 4) is 0 Å². The van der Waals surface area contributed by atoms with Crippen LogP contribution in [0.4, 0.5) is 0 Å². The number of nitrogens with one attached hydrogen (secondary N) is 1. The molecule has 0 amide bonds. The highest BCUT2D eigenvalue weighted by atomic mass is 16.7. The van der Waals surface area contributed by atoms with Crippen molar-refractivity contribution in [1.29, 1.82) is 0 Å². The van der Waals surface area contributed by atoms with Crippen molar-refractivity contribution < 1.29 is 19.2 Å². The molecule has 2 rings (SSSR count). The summed E-state index contributed by atoms with van der Waals surface area (Å²) in [6, 6.07) is 8.62. The fraction of sp³-hybridized carbons (Fsp3) is 0.278. The fourth-order valence-corrected chi connectivity index (χ4v) is 2.48. The van der Waals surface area contributed by atoms with Crippen LogP contribution in [0.25, 0.3) is 0 Å². The largest absolute Gasteiger partial charge is 0.461 e. The smallest absolute Gasteiger partial charge is 0.365 e. The molecule has 0 saturated heterocycles. The van der Waals surface area contributed by atoms with Crippen molar-refractivity contribution in [3.05, 3.63) is 58.4 Å². The first-order chi connectivity index (χ1) is 11.5. The van der Waals surface area contributed by atoms with Crippen molar-refractivity contribution in [3.63, 3.8) is 0 Å². The summed E-state index contributed by atoms with van der Waals surface area (Å²) in [5, 5.41) is 3.91. The van der Waals surface area contributed by atoms with Gasteiger partial charge in [-0.1, -0.05) is 23.4 Å². The molecule has 0 aliphatic carbocycles. The molecule has 24 heavy (non-hydrogen) atoms. The van der Waals surface area contributed by atoms with E-state index in [1.54, 1.807) is 45.0 Å². The van der Waals surface area contributed by atoms with E-state index in [0.29, 0.717) is 29.1 Å². The molecule has 0 atom stereocenters. The van der Waals surface area contributed by atoms with Gasteiger partial charge in [0.25, 0.3) is 0 Å². The summed E-state index contributed by atoms with van der Waals surface area (Å²) in [4.78, 5) is 31.9. The zero-order valence-corrected chi connectivity index (χ0v) is 14.2. The van der Waals surface area contributed by atoms with Crippen LogP contribution in [0, 0.1) is 13.8 Å². The third-order valence-electron chi connectivity index (χ3n) is 3.55. The lowest BCUT2D eigenvalue weighted by Crippen LogP contribution is -2.07. The second-order valence-corrected chi connectivity index (χ2v) is 5.27. The predicted molar refractivity (Wildman–Crippen MR) is 90.3 cm³/mol. The maximum Gasteiger partial charge on any atom is 0.365 e. The van der Waals surface area contributed by atoms with E-state index >= 15 is 0 Å². The van der Waals surface area contributed by atoms with E-state index in [9.17, 15) is 9.59 Å². The Morgan fingerprint density at radius 2 is 1.79 bits per heavy atom. The van der Waals surface area contributed by atoms with Crippen LogP contribution in [0.5, 0.6) is 0 Å². The molecule has 0 bridgehead atoms. The number of aryl methyl sites for hydroxylation is 1. The van der Waals surface area contributed by atoms with Crippen molar-refractivity contribution in [2.24, 2.45) is 5.16 Å². The molecule has 6 heteroatoms. The first-order valence-corrected chi connectivity index (χ1v) is 7.63. The second kappa shape index (κ2) is 7.59. The molecule has 6 nitrogen and oxygen atoms in total. The number of hydrogen-bond donors (Lipinski definition) is 1. The van der Waals surface area contributed by atoms with Crippen molar-refractivity contribution >= 4 is 17.7 Å². The van der Waals surface area contributed by atoms with Gasteiger partial charge in [-0.25, -0.2) is 9.59 Å². The molecule has 0 radical (unpaired) electrons. The molecular formula is C18H20N2O4. The fourth-order valence-electron chi connectivity index (χ4n) is 2.48. The average Bonchev–Trinajstić information content (AvgIpc) is 2.88. The number of aromatic amines is 1. The SMILES string of the molecule is CCOC(=O)c1[nH]c(C)c(/C(C)=N/OC(=O)c2ccccc2)c1C. The van der Waals surface area contributed by atoms with Crippen LogP contribution in [0.1, 0.15) is 51.5 Å². The minimum absolute atomic E-state index is 0.299.